The molecule has 0 aromatic heterocycles. The standard InChI is InChI=1S/C11H11ClN2O2.ClH/c1-16-11(15)10(14)5-7-2-3-9(12)8(4-7)6-13;/h2-4,10H,5,14H2,1H3;1H/t10-;/m0./s1. The van der Waals surface area contributed by atoms with Crippen LogP contribution in [-0.2, 0) is 16.0 Å². The van der Waals surface area contributed by atoms with Gasteiger partial charge in [-0.2, -0.15) is 5.26 Å². The Bertz CT molecular complexity index is 444. The maximum Gasteiger partial charge on any atom is 0.322 e. The molecule has 1 atom stereocenters. The third kappa shape index (κ3) is 4.23. The number of methoxy groups -OCH3 is 1. The third-order valence-corrected chi connectivity index (χ3v) is 2.44. The lowest BCUT2D eigenvalue weighted by Crippen LogP contribution is -2.33. The first-order chi connectivity index (χ1) is 7.58. The zero-order valence-corrected chi connectivity index (χ0v) is 10.7. The number of esters is 1. The average molecular weight is 275 g/mol. The molecule has 1 aromatic rings. The Kier molecular flexibility index (Phi) is 6.59. The van der Waals surface area contributed by atoms with Crippen LogP contribution in [0.2, 0.25) is 5.02 Å². The van der Waals surface area contributed by atoms with Crippen molar-refractivity contribution >= 4 is 30.0 Å². The van der Waals surface area contributed by atoms with Crippen molar-refractivity contribution in [2.45, 2.75) is 12.5 Å². The van der Waals surface area contributed by atoms with Crippen LogP contribution in [0.15, 0.2) is 18.2 Å². The number of carbonyl (C=O) groups is 1. The molecule has 0 spiro atoms. The Morgan fingerprint density at radius 3 is 2.82 bits per heavy atom. The summed E-state index contributed by atoms with van der Waals surface area (Å²) in [5.74, 6) is -0.478. The summed E-state index contributed by atoms with van der Waals surface area (Å²) in [6, 6.07) is 6.19. The van der Waals surface area contributed by atoms with Crippen molar-refractivity contribution in [2.75, 3.05) is 7.11 Å². The average Bonchev–Trinajstić information content (AvgIpc) is 2.30. The van der Waals surface area contributed by atoms with E-state index in [2.05, 4.69) is 4.74 Å². The molecule has 0 aliphatic heterocycles. The number of benzene rings is 1. The summed E-state index contributed by atoms with van der Waals surface area (Å²) in [5.41, 5.74) is 6.75. The first kappa shape index (κ1) is 15.7. The van der Waals surface area contributed by atoms with E-state index >= 15 is 0 Å². The maximum absolute atomic E-state index is 11.1. The van der Waals surface area contributed by atoms with E-state index in [4.69, 9.17) is 22.6 Å². The number of nitrogens with two attached hydrogens (primary N) is 1. The number of carbonyl (C=O) groups excluding carboxylic acids is 1. The Hall–Kier alpha value is -1.28. The van der Waals surface area contributed by atoms with Gasteiger partial charge in [-0.25, -0.2) is 0 Å². The fourth-order valence-electron chi connectivity index (χ4n) is 1.27. The summed E-state index contributed by atoms with van der Waals surface area (Å²) in [5, 5.41) is 9.16. The smallest absolute Gasteiger partial charge is 0.322 e. The van der Waals surface area contributed by atoms with Gasteiger partial charge in [0.05, 0.1) is 17.7 Å². The van der Waals surface area contributed by atoms with E-state index in [-0.39, 0.29) is 12.4 Å². The number of rotatable bonds is 3. The number of halogens is 2. The molecule has 6 heteroatoms. The SMILES string of the molecule is COC(=O)[C@@H](N)Cc1ccc(Cl)c(C#N)c1.Cl. The van der Waals surface area contributed by atoms with Crippen LogP contribution in [0.4, 0.5) is 0 Å². The van der Waals surface area contributed by atoms with Crippen LogP contribution < -0.4 is 5.73 Å². The van der Waals surface area contributed by atoms with Gasteiger partial charge < -0.3 is 10.5 Å². The topological polar surface area (TPSA) is 76.1 Å². The van der Waals surface area contributed by atoms with Gasteiger partial charge in [0.25, 0.3) is 0 Å². The summed E-state index contributed by atoms with van der Waals surface area (Å²) < 4.78 is 4.51. The van der Waals surface area contributed by atoms with Crippen molar-refractivity contribution in [1.82, 2.24) is 0 Å². The van der Waals surface area contributed by atoms with Crippen molar-refractivity contribution in [1.29, 1.82) is 5.26 Å². The van der Waals surface area contributed by atoms with Crippen molar-refractivity contribution in [3.63, 3.8) is 0 Å². The Morgan fingerprint density at radius 1 is 1.65 bits per heavy atom. The van der Waals surface area contributed by atoms with Crippen LogP contribution in [-0.4, -0.2) is 19.1 Å². The predicted molar refractivity (Wildman–Crippen MR) is 67.1 cm³/mol. The predicted octanol–water partition coefficient (Wildman–Crippen LogP) is 1.68. The molecule has 0 aliphatic carbocycles. The van der Waals surface area contributed by atoms with Gasteiger partial charge >= 0.3 is 5.97 Å². The van der Waals surface area contributed by atoms with Crippen LogP contribution >= 0.6 is 24.0 Å². The Balaban J connectivity index is 0.00000256. The van der Waals surface area contributed by atoms with Crippen molar-refractivity contribution in [3.8, 4) is 6.07 Å². The van der Waals surface area contributed by atoms with Gasteiger partial charge in [0.15, 0.2) is 0 Å². The summed E-state index contributed by atoms with van der Waals surface area (Å²) in [6.07, 6.45) is 0.318. The lowest BCUT2D eigenvalue weighted by atomic mass is 10.0. The molecule has 17 heavy (non-hydrogen) atoms. The van der Waals surface area contributed by atoms with E-state index in [0.717, 1.165) is 5.56 Å². The lowest BCUT2D eigenvalue weighted by Gasteiger charge is -2.09. The van der Waals surface area contributed by atoms with Crippen LogP contribution in [0.25, 0.3) is 0 Å². The first-order valence-corrected chi connectivity index (χ1v) is 4.98. The monoisotopic (exact) mass is 274 g/mol. The zero-order chi connectivity index (χ0) is 12.1. The van der Waals surface area contributed by atoms with E-state index in [1.54, 1.807) is 18.2 Å². The molecule has 0 aliphatic rings. The van der Waals surface area contributed by atoms with E-state index < -0.39 is 12.0 Å². The fourth-order valence-corrected chi connectivity index (χ4v) is 1.43. The van der Waals surface area contributed by atoms with Crippen LogP contribution in [0, 0.1) is 11.3 Å². The third-order valence-electron chi connectivity index (χ3n) is 2.11. The van der Waals surface area contributed by atoms with Gasteiger partial charge in [-0.05, 0) is 24.1 Å². The van der Waals surface area contributed by atoms with Crippen LogP contribution in [0.5, 0.6) is 0 Å². The molecular weight excluding hydrogens is 263 g/mol. The van der Waals surface area contributed by atoms with Gasteiger partial charge in [0.2, 0.25) is 0 Å². The van der Waals surface area contributed by atoms with Gasteiger partial charge in [0, 0.05) is 0 Å². The number of nitrogens with zero attached hydrogens (tertiary/aromatic N) is 1. The second-order valence-electron chi connectivity index (χ2n) is 3.26. The molecule has 0 fully saturated rings. The molecule has 1 rings (SSSR count). The summed E-state index contributed by atoms with van der Waals surface area (Å²) in [7, 11) is 1.28. The van der Waals surface area contributed by atoms with Crippen molar-refractivity contribution < 1.29 is 9.53 Å². The number of hydrogen-bond donors (Lipinski definition) is 1. The highest BCUT2D eigenvalue weighted by molar-refractivity contribution is 6.31. The normalized spacial score (nSPS) is 10.9. The minimum Gasteiger partial charge on any atom is -0.468 e. The summed E-state index contributed by atoms with van der Waals surface area (Å²) in [6.45, 7) is 0. The quantitative estimate of drug-likeness (QED) is 0.851. The molecule has 0 bridgehead atoms. The van der Waals surface area contributed by atoms with E-state index in [1.807, 2.05) is 6.07 Å². The largest absolute Gasteiger partial charge is 0.468 e. The molecular formula is C11H12Cl2N2O2. The minimum atomic E-state index is -0.724. The molecule has 4 nitrogen and oxygen atoms in total. The molecule has 2 N–H and O–H groups in total. The van der Waals surface area contributed by atoms with Gasteiger partial charge in [-0.15, -0.1) is 12.4 Å². The molecule has 0 saturated heterocycles. The van der Waals surface area contributed by atoms with Crippen molar-refractivity contribution in [2.24, 2.45) is 5.73 Å². The van der Waals surface area contributed by atoms with E-state index in [9.17, 15) is 4.79 Å². The van der Waals surface area contributed by atoms with Gasteiger partial charge in [-0.3, -0.25) is 4.79 Å². The van der Waals surface area contributed by atoms with Crippen LogP contribution in [0.1, 0.15) is 11.1 Å². The minimum absolute atomic E-state index is 0. The zero-order valence-electron chi connectivity index (χ0n) is 9.14. The highest BCUT2D eigenvalue weighted by Gasteiger charge is 2.14. The highest BCUT2D eigenvalue weighted by atomic mass is 35.5. The molecule has 0 radical (unpaired) electrons. The highest BCUT2D eigenvalue weighted by Crippen LogP contribution is 2.17. The fraction of sp³-hybridized carbons (Fsp3) is 0.273. The van der Waals surface area contributed by atoms with Crippen molar-refractivity contribution in [3.05, 3.63) is 34.3 Å². The Labute approximate surface area is 111 Å². The number of nitriles is 1. The molecule has 0 heterocycles. The van der Waals surface area contributed by atoms with E-state index in [1.165, 1.54) is 7.11 Å². The summed E-state index contributed by atoms with van der Waals surface area (Å²) >= 11 is 5.78. The summed E-state index contributed by atoms with van der Waals surface area (Å²) in [4.78, 5) is 11.1. The second kappa shape index (κ2) is 7.13. The number of hydrogen-bond acceptors (Lipinski definition) is 4. The van der Waals surface area contributed by atoms with Gasteiger partial charge in [0.1, 0.15) is 12.1 Å². The molecule has 0 amide bonds. The van der Waals surface area contributed by atoms with Crippen LogP contribution in [0.3, 0.4) is 0 Å². The molecule has 1 aromatic carbocycles. The maximum atomic E-state index is 11.1. The molecule has 0 unspecified atom stereocenters. The first-order valence-electron chi connectivity index (χ1n) is 4.60. The van der Waals surface area contributed by atoms with Gasteiger partial charge in [-0.1, -0.05) is 17.7 Å². The lowest BCUT2D eigenvalue weighted by molar-refractivity contribution is -0.142. The number of ether oxygens (including phenoxy) is 1. The van der Waals surface area contributed by atoms with E-state index in [0.29, 0.717) is 17.0 Å². The molecule has 92 valence electrons. The Morgan fingerprint density at radius 2 is 2.29 bits per heavy atom. The second-order valence-corrected chi connectivity index (χ2v) is 3.67. The molecule has 0 saturated carbocycles.